The van der Waals surface area contributed by atoms with Crippen LogP contribution in [0.5, 0.6) is 5.75 Å². The standard InChI is InChI=1S/C21H19BrClN5O2/c1-26-16-3-5-18(23)25-19(16)20(15(11-24)21(26)30)28-8-6-27(7-9-28)12-13-10-14(22)2-4-17(13)29/h2-5,10,29H,6-9,12H2,1H3. The summed E-state index contributed by atoms with van der Waals surface area (Å²) in [5.74, 6) is 0.267. The Labute approximate surface area is 186 Å². The first-order valence-corrected chi connectivity index (χ1v) is 10.6. The Hall–Kier alpha value is -2.60. The zero-order valence-electron chi connectivity index (χ0n) is 16.3. The lowest BCUT2D eigenvalue weighted by atomic mass is 10.1. The molecule has 3 heterocycles. The first-order valence-electron chi connectivity index (χ1n) is 9.43. The monoisotopic (exact) mass is 487 g/mol. The molecule has 0 unspecified atom stereocenters. The molecule has 30 heavy (non-hydrogen) atoms. The number of hydrogen-bond acceptors (Lipinski definition) is 6. The van der Waals surface area contributed by atoms with Gasteiger partial charge in [-0.1, -0.05) is 27.5 Å². The highest BCUT2D eigenvalue weighted by atomic mass is 79.9. The van der Waals surface area contributed by atoms with Gasteiger partial charge >= 0.3 is 0 Å². The second-order valence-electron chi connectivity index (χ2n) is 7.24. The Morgan fingerprint density at radius 2 is 1.97 bits per heavy atom. The molecule has 1 N–H and O–H groups in total. The first kappa shape index (κ1) is 20.7. The molecule has 0 aliphatic carbocycles. The average molecular weight is 489 g/mol. The molecule has 0 spiro atoms. The number of phenols is 1. The minimum atomic E-state index is -0.342. The van der Waals surface area contributed by atoms with E-state index in [1.165, 1.54) is 4.57 Å². The number of nitriles is 1. The third-order valence-electron chi connectivity index (χ3n) is 5.42. The van der Waals surface area contributed by atoms with Crippen LogP contribution in [0.4, 0.5) is 5.69 Å². The zero-order valence-corrected chi connectivity index (χ0v) is 18.6. The Kier molecular flexibility index (Phi) is 5.69. The summed E-state index contributed by atoms with van der Waals surface area (Å²) >= 11 is 9.56. The van der Waals surface area contributed by atoms with Crippen molar-refractivity contribution < 1.29 is 5.11 Å². The maximum Gasteiger partial charge on any atom is 0.270 e. The number of piperazine rings is 1. The van der Waals surface area contributed by atoms with Gasteiger partial charge in [-0.05, 0) is 30.3 Å². The van der Waals surface area contributed by atoms with Crippen LogP contribution in [0.3, 0.4) is 0 Å². The van der Waals surface area contributed by atoms with Crippen LogP contribution < -0.4 is 10.5 Å². The molecule has 1 aromatic carbocycles. The van der Waals surface area contributed by atoms with Crippen molar-refractivity contribution in [3.8, 4) is 11.8 Å². The molecular weight excluding hydrogens is 470 g/mol. The molecule has 3 aromatic rings. The lowest BCUT2D eigenvalue weighted by Gasteiger charge is -2.36. The summed E-state index contributed by atoms with van der Waals surface area (Å²) in [7, 11) is 1.63. The van der Waals surface area contributed by atoms with E-state index in [9.17, 15) is 15.2 Å². The Bertz CT molecular complexity index is 1230. The number of pyridine rings is 2. The van der Waals surface area contributed by atoms with Gasteiger partial charge in [0.25, 0.3) is 5.56 Å². The molecule has 7 nitrogen and oxygen atoms in total. The van der Waals surface area contributed by atoms with Crippen LogP contribution in [-0.2, 0) is 13.6 Å². The van der Waals surface area contributed by atoms with Crippen LogP contribution >= 0.6 is 27.5 Å². The van der Waals surface area contributed by atoms with Crippen molar-refractivity contribution in [3.05, 3.63) is 61.4 Å². The van der Waals surface area contributed by atoms with Crippen molar-refractivity contribution in [2.75, 3.05) is 31.1 Å². The van der Waals surface area contributed by atoms with Gasteiger partial charge in [0.15, 0.2) is 0 Å². The SMILES string of the molecule is Cn1c(=O)c(C#N)c(N2CCN(Cc3cc(Br)ccc3O)CC2)c2nc(Cl)ccc21. The van der Waals surface area contributed by atoms with Crippen LogP contribution in [0.25, 0.3) is 11.0 Å². The molecular formula is C21H19BrClN5O2. The number of phenolic OH excluding ortho intramolecular Hbond substituents is 1. The van der Waals surface area contributed by atoms with Crippen molar-refractivity contribution in [3.63, 3.8) is 0 Å². The molecule has 2 aromatic heterocycles. The third kappa shape index (κ3) is 3.76. The lowest BCUT2D eigenvalue weighted by molar-refractivity contribution is 0.247. The summed E-state index contributed by atoms with van der Waals surface area (Å²) in [5.41, 5.74) is 2.33. The van der Waals surface area contributed by atoms with E-state index in [2.05, 4.69) is 31.9 Å². The molecule has 0 amide bonds. The van der Waals surface area contributed by atoms with Gasteiger partial charge in [-0.3, -0.25) is 9.69 Å². The summed E-state index contributed by atoms with van der Waals surface area (Å²) in [6, 6.07) is 10.9. The topological polar surface area (TPSA) is 85.4 Å². The molecule has 0 bridgehead atoms. The number of nitrogens with zero attached hydrogens (tertiary/aromatic N) is 5. The number of benzene rings is 1. The number of rotatable bonds is 3. The minimum Gasteiger partial charge on any atom is -0.508 e. The van der Waals surface area contributed by atoms with E-state index in [1.807, 2.05) is 11.0 Å². The Morgan fingerprint density at radius 1 is 1.23 bits per heavy atom. The summed E-state index contributed by atoms with van der Waals surface area (Å²) in [5, 5.41) is 20.1. The van der Waals surface area contributed by atoms with Crippen LogP contribution in [0, 0.1) is 11.3 Å². The normalized spacial score (nSPS) is 14.8. The van der Waals surface area contributed by atoms with Crippen LogP contribution in [0.15, 0.2) is 39.6 Å². The molecule has 4 rings (SSSR count). The summed E-state index contributed by atoms with van der Waals surface area (Å²) in [4.78, 5) is 21.4. The van der Waals surface area contributed by atoms with E-state index in [4.69, 9.17) is 11.6 Å². The fourth-order valence-electron chi connectivity index (χ4n) is 3.83. The largest absolute Gasteiger partial charge is 0.508 e. The fourth-order valence-corrected chi connectivity index (χ4v) is 4.39. The predicted octanol–water partition coefficient (Wildman–Crippen LogP) is 3.25. The maximum absolute atomic E-state index is 12.7. The van der Waals surface area contributed by atoms with Gasteiger partial charge in [-0.2, -0.15) is 5.26 Å². The Morgan fingerprint density at radius 3 is 2.67 bits per heavy atom. The number of fused-ring (bicyclic) bond motifs is 1. The van der Waals surface area contributed by atoms with E-state index >= 15 is 0 Å². The predicted molar refractivity (Wildman–Crippen MR) is 120 cm³/mol. The smallest absolute Gasteiger partial charge is 0.270 e. The number of aromatic hydroxyl groups is 1. The number of aryl methyl sites for hydroxylation is 1. The van der Waals surface area contributed by atoms with Gasteiger partial charge < -0.3 is 14.6 Å². The van der Waals surface area contributed by atoms with Crippen molar-refractivity contribution >= 4 is 44.3 Å². The highest BCUT2D eigenvalue weighted by Crippen LogP contribution is 2.30. The molecule has 0 saturated carbocycles. The highest BCUT2D eigenvalue weighted by Gasteiger charge is 2.25. The first-order chi connectivity index (χ1) is 14.4. The molecule has 1 aliphatic heterocycles. The molecule has 9 heteroatoms. The number of anilines is 1. The maximum atomic E-state index is 12.7. The van der Waals surface area contributed by atoms with Gasteiger partial charge in [-0.15, -0.1) is 0 Å². The fraction of sp³-hybridized carbons (Fsp3) is 0.286. The van der Waals surface area contributed by atoms with Crippen LogP contribution in [0.2, 0.25) is 5.15 Å². The van der Waals surface area contributed by atoms with Crippen molar-refractivity contribution in [2.45, 2.75) is 6.54 Å². The van der Waals surface area contributed by atoms with Crippen molar-refractivity contribution in [2.24, 2.45) is 7.05 Å². The number of aromatic nitrogens is 2. The second kappa shape index (κ2) is 8.26. The van der Waals surface area contributed by atoms with E-state index in [1.54, 1.807) is 31.3 Å². The number of halogens is 2. The van der Waals surface area contributed by atoms with Crippen LogP contribution in [-0.4, -0.2) is 45.7 Å². The summed E-state index contributed by atoms with van der Waals surface area (Å²) < 4.78 is 2.36. The van der Waals surface area contributed by atoms with Gasteiger partial charge in [0, 0.05) is 49.8 Å². The second-order valence-corrected chi connectivity index (χ2v) is 8.54. The molecule has 154 valence electrons. The van der Waals surface area contributed by atoms with Crippen LogP contribution in [0.1, 0.15) is 11.1 Å². The average Bonchev–Trinajstić information content (AvgIpc) is 2.74. The molecule has 1 saturated heterocycles. The van der Waals surface area contributed by atoms with E-state index in [0.29, 0.717) is 54.6 Å². The minimum absolute atomic E-state index is 0.0813. The van der Waals surface area contributed by atoms with Gasteiger partial charge in [-0.25, -0.2) is 4.98 Å². The number of hydrogen-bond donors (Lipinski definition) is 1. The molecule has 0 atom stereocenters. The molecule has 1 fully saturated rings. The van der Waals surface area contributed by atoms with E-state index in [0.717, 1.165) is 10.0 Å². The van der Waals surface area contributed by atoms with Crippen molar-refractivity contribution in [1.82, 2.24) is 14.5 Å². The van der Waals surface area contributed by atoms with Gasteiger partial charge in [0.1, 0.15) is 28.1 Å². The third-order valence-corrected chi connectivity index (χ3v) is 6.12. The molecule has 0 radical (unpaired) electrons. The highest BCUT2D eigenvalue weighted by molar-refractivity contribution is 9.10. The van der Waals surface area contributed by atoms with E-state index in [-0.39, 0.29) is 16.9 Å². The van der Waals surface area contributed by atoms with E-state index < -0.39 is 0 Å². The molecule has 1 aliphatic rings. The zero-order chi connectivity index (χ0) is 21.4. The quantitative estimate of drug-likeness (QED) is 0.570. The summed E-state index contributed by atoms with van der Waals surface area (Å²) in [6.45, 7) is 3.30. The lowest BCUT2D eigenvalue weighted by Crippen LogP contribution is -2.47. The summed E-state index contributed by atoms with van der Waals surface area (Å²) in [6.07, 6.45) is 0. The van der Waals surface area contributed by atoms with Crippen molar-refractivity contribution in [1.29, 1.82) is 5.26 Å². The van der Waals surface area contributed by atoms with Gasteiger partial charge in [0.2, 0.25) is 0 Å². The van der Waals surface area contributed by atoms with Gasteiger partial charge in [0.05, 0.1) is 11.2 Å². The Balaban J connectivity index is 1.64.